The monoisotopic (exact) mass is 310 g/mol. The number of halogens is 2. The van der Waals surface area contributed by atoms with E-state index in [2.05, 4.69) is 6.92 Å². The topological polar surface area (TPSA) is 21.8 Å². The molecule has 0 N–H and O–H groups in total. The Balaban J connectivity index is 1.53. The van der Waals surface area contributed by atoms with Crippen molar-refractivity contribution < 1.29 is 18.3 Å². The molecule has 1 aromatic carbocycles. The highest BCUT2D eigenvalue weighted by Gasteiger charge is 2.30. The van der Waals surface area contributed by atoms with Crippen molar-refractivity contribution in [1.82, 2.24) is 0 Å². The van der Waals surface area contributed by atoms with Gasteiger partial charge < -0.3 is 9.47 Å². The summed E-state index contributed by atoms with van der Waals surface area (Å²) in [4.78, 5) is 0. The van der Waals surface area contributed by atoms with Crippen LogP contribution in [0.5, 0.6) is 5.75 Å². The second-order valence-electron chi connectivity index (χ2n) is 6.59. The van der Waals surface area contributed by atoms with E-state index in [1.54, 1.807) is 6.07 Å². The molecule has 0 spiro atoms. The van der Waals surface area contributed by atoms with Crippen molar-refractivity contribution in [3.63, 3.8) is 0 Å². The molecule has 0 radical (unpaired) electrons. The maximum absolute atomic E-state index is 14.0. The van der Waals surface area contributed by atoms with Gasteiger partial charge in [0.15, 0.2) is 11.6 Å². The highest BCUT2D eigenvalue weighted by molar-refractivity contribution is 5.33. The average molecular weight is 310 g/mol. The summed E-state index contributed by atoms with van der Waals surface area (Å²) >= 11 is 0. The van der Waals surface area contributed by atoms with Crippen LogP contribution >= 0.6 is 0 Å². The molecule has 3 rings (SSSR count). The van der Waals surface area contributed by atoms with Crippen molar-refractivity contribution in [3.8, 4) is 5.75 Å². The van der Waals surface area contributed by atoms with Crippen LogP contribution in [-0.4, -0.2) is 13.2 Å². The van der Waals surface area contributed by atoms with Crippen molar-refractivity contribution in [3.05, 3.63) is 29.3 Å². The Morgan fingerprint density at radius 2 is 1.77 bits per heavy atom. The van der Waals surface area contributed by atoms with E-state index in [1.165, 1.54) is 31.7 Å². The minimum atomic E-state index is -0.882. The summed E-state index contributed by atoms with van der Waals surface area (Å²) in [6, 6.07) is 3.10. The van der Waals surface area contributed by atoms with Crippen molar-refractivity contribution in [2.75, 3.05) is 13.2 Å². The standard InChI is InChI=1S/C18H24F2O2/c1-2-3-12-4-6-13(7-5-12)10-21-15-9-8-14(16-11-22-16)17(19)18(15)20/h8-9,12-13,16H,2-7,10-11H2,1H3. The SMILES string of the molecule is CCCC1CCC(COc2ccc(C3CO3)c(F)c2F)CC1. The molecule has 4 heteroatoms. The second kappa shape index (κ2) is 6.95. The average Bonchev–Trinajstić information content (AvgIpc) is 3.35. The smallest absolute Gasteiger partial charge is 0.200 e. The van der Waals surface area contributed by atoms with E-state index >= 15 is 0 Å². The van der Waals surface area contributed by atoms with Gasteiger partial charge in [-0.2, -0.15) is 4.39 Å². The predicted octanol–water partition coefficient (Wildman–Crippen LogP) is 5.02. The summed E-state index contributed by atoms with van der Waals surface area (Å²) in [6.07, 6.45) is 6.99. The van der Waals surface area contributed by atoms with Gasteiger partial charge in [0.05, 0.1) is 13.2 Å². The van der Waals surface area contributed by atoms with Gasteiger partial charge in [0.1, 0.15) is 6.10 Å². The van der Waals surface area contributed by atoms with E-state index in [-0.39, 0.29) is 11.9 Å². The molecule has 1 unspecified atom stereocenters. The molecule has 1 saturated heterocycles. The summed E-state index contributed by atoms with van der Waals surface area (Å²) in [5.74, 6) is -0.382. The minimum absolute atomic E-state index is 0.0255. The highest BCUT2D eigenvalue weighted by atomic mass is 19.2. The minimum Gasteiger partial charge on any atom is -0.490 e. The van der Waals surface area contributed by atoms with E-state index in [1.807, 2.05) is 0 Å². The number of benzene rings is 1. The molecule has 2 aliphatic rings. The first kappa shape index (κ1) is 15.7. The highest BCUT2D eigenvalue weighted by Crippen LogP contribution is 2.36. The van der Waals surface area contributed by atoms with Crippen LogP contribution in [0.3, 0.4) is 0 Å². The van der Waals surface area contributed by atoms with Gasteiger partial charge in [-0.05, 0) is 36.8 Å². The van der Waals surface area contributed by atoms with Crippen molar-refractivity contribution >= 4 is 0 Å². The van der Waals surface area contributed by atoms with Gasteiger partial charge in [-0.15, -0.1) is 0 Å². The molecule has 1 aromatic rings. The first-order chi connectivity index (χ1) is 10.7. The summed E-state index contributed by atoms with van der Waals surface area (Å²) in [5.41, 5.74) is 0.296. The van der Waals surface area contributed by atoms with Crippen LogP contribution in [0.2, 0.25) is 0 Å². The van der Waals surface area contributed by atoms with E-state index in [0.717, 1.165) is 18.8 Å². The molecule has 1 atom stereocenters. The Morgan fingerprint density at radius 3 is 2.41 bits per heavy atom. The fourth-order valence-electron chi connectivity index (χ4n) is 3.44. The largest absolute Gasteiger partial charge is 0.490 e. The Labute approximate surface area is 130 Å². The van der Waals surface area contributed by atoms with E-state index in [4.69, 9.17) is 9.47 Å². The number of hydrogen-bond donors (Lipinski definition) is 0. The van der Waals surface area contributed by atoms with Crippen LogP contribution in [0, 0.1) is 23.5 Å². The molecule has 0 amide bonds. The van der Waals surface area contributed by atoms with Crippen LogP contribution in [0.4, 0.5) is 8.78 Å². The third kappa shape index (κ3) is 3.60. The lowest BCUT2D eigenvalue weighted by Gasteiger charge is -2.28. The zero-order valence-electron chi connectivity index (χ0n) is 13.1. The second-order valence-corrected chi connectivity index (χ2v) is 6.59. The molecule has 1 aliphatic heterocycles. The van der Waals surface area contributed by atoms with Gasteiger partial charge >= 0.3 is 0 Å². The molecule has 1 saturated carbocycles. The van der Waals surface area contributed by atoms with Gasteiger partial charge in [-0.3, -0.25) is 0 Å². The maximum atomic E-state index is 14.0. The summed E-state index contributed by atoms with van der Waals surface area (Å²) in [7, 11) is 0. The van der Waals surface area contributed by atoms with Crippen molar-refractivity contribution in [1.29, 1.82) is 0 Å². The lowest BCUT2D eigenvalue weighted by Crippen LogP contribution is -2.20. The molecule has 0 bridgehead atoms. The third-order valence-electron chi connectivity index (χ3n) is 4.89. The zero-order valence-corrected chi connectivity index (χ0v) is 13.1. The Bertz CT molecular complexity index is 506. The quantitative estimate of drug-likeness (QED) is 0.688. The van der Waals surface area contributed by atoms with Crippen molar-refractivity contribution in [2.24, 2.45) is 11.8 Å². The summed E-state index contributed by atoms with van der Waals surface area (Å²) in [5, 5.41) is 0. The van der Waals surface area contributed by atoms with Crippen molar-refractivity contribution in [2.45, 2.75) is 51.6 Å². The number of hydrogen-bond acceptors (Lipinski definition) is 2. The summed E-state index contributed by atoms with van der Waals surface area (Å²) < 4.78 is 38.5. The van der Waals surface area contributed by atoms with Gasteiger partial charge in [0, 0.05) is 5.56 Å². The Kier molecular flexibility index (Phi) is 4.97. The van der Waals surface area contributed by atoms with E-state index < -0.39 is 11.6 Å². The fraction of sp³-hybridized carbons (Fsp3) is 0.667. The third-order valence-corrected chi connectivity index (χ3v) is 4.89. The van der Waals surface area contributed by atoms with Crippen LogP contribution in [-0.2, 0) is 4.74 Å². The van der Waals surface area contributed by atoms with Crippen LogP contribution < -0.4 is 4.74 Å². The molecule has 0 aromatic heterocycles. The van der Waals surface area contributed by atoms with Gasteiger partial charge in [0.2, 0.25) is 5.82 Å². The predicted molar refractivity (Wildman–Crippen MR) is 80.9 cm³/mol. The first-order valence-electron chi connectivity index (χ1n) is 8.41. The zero-order chi connectivity index (χ0) is 15.5. The molecular formula is C18H24F2O2. The number of epoxide rings is 1. The van der Waals surface area contributed by atoms with Crippen LogP contribution in [0.1, 0.15) is 57.1 Å². The molecule has 122 valence electrons. The molecule has 1 heterocycles. The van der Waals surface area contributed by atoms with E-state index in [0.29, 0.717) is 24.7 Å². The van der Waals surface area contributed by atoms with Gasteiger partial charge in [-0.1, -0.05) is 32.6 Å². The summed E-state index contributed by atoms with van der Waals surface area (Å²) in [6.45, 7) is 3.18. The normalized spacial score (nSPS) is 27.7. The number of rotatable bonds is 6. The molecule has 1 aliphatic carbocycles. The molecule has 2 fully saturated rings. The molecule has 2 nitrogen and oxygen atoms in total. The molecule has 22 heavy (non-hydrogen) atoms. The Hall–Kier alpha value is -1.16. The fourth-order valence-corrected chi connectivity index (χ4v) is 3.44. The maximum Gasteiger partial charge on any atom is 0.200 e. The van der Waals surface area contributed by atoms with Crippen LogP contribution in [0.15, 0.2) is 12.1 Å². The van der Waals surface area contributed by atoms with Crippen LogP contribution in [0.25, 0.3) is 0 Å². The molecular weight excluding hydrogens is 286 g/mol. The number of ether oxygens (including phenoxy) is 2. The van der Waals surface area contributed by atoms with Gasteiger partial charge in [0.25, 0.3) is 0 Å². The van der Waals surface area contributed by atoms with E-state index in [9.17, 15) is 8.78 Å². The van der Waals surface area contributed by atoms with Gasteiger partial charge in [-0.25, -0.2) is 4.39 Å². The lowest BCUT2D eigenvalue weighted by atomic mass is 9.80. The Morgan fingerprint density at radius 1 is 1.09 bits per heavy atom. The first-order valence-corrected chi connectivity index (χ1v) is 8.41. The lowest BCUT2D eigenvalue weighted by molar-refractivity contribution is 0.173.